The van der Waals surface area contributed by atoms with Crippen LogP contribution in [0, 0.1) is 11.3 Å². The molecule has 4 heteroatoms. The van der Waals surface area contributed by atoms with E-state index in [1.807, 2.05) is 30.3 Å². The zero-order chi connectivity index (χ0) is 13.9. The van der Waals surface area contributed by atoms with Gasteiger partial charge in [0.1, 0.15) is 17.6 Å². The van der Waals surface area contributed by atoms with E-state index < -0.39 is 0 Å². The molecule has 0 unspecified atom stereocenters. The van der Waals surface area contributed by atoms with Gasteiger partial charge in [0.15, 0.2) is 0 Å². The van der Waals surface area contributed by atoms with Gasteiger partial charge in [0.05, 0.1) is 5.56 Å². The summed E-state index contributed by atoms with van der Waals surface area (Å²) in [6.45, 7) is 2.86. The molecule has 20 heavy (non-hydrogen) atoms. The SMILES string of the molecule is CCCNc1nc2c(cc1C#N)Cc1ccccc1O2. The van der Waals surface area contributed by atoms with Crippen LogP contribution in [0.1, 0.15) is 30.0 Å². The topological polar surface area (TPSA) is 57.9 Å². The van der Waals surface area contributed by atoms with Gasteiger partial charge in [-0.25, -0.2) is 0 Å². The van der Waals surface area contributed by atoms with Crippen LogP contribution in [0.3, 0.4) is 0 Å². The summed E-state index contributed by atoms with van der Waals surface area (Å²) in [6, 6.07) is 12.0. The number of aromatic nitrogens is 1. The van der Waals surface area contributed by atoms with Crippen molar-refractivity contribution >= 4 is 5.82 Å². The first kappa shape index (κ1) is 12.5. The van der Waals surface area contributed by atoms with Crippen LogP contribution in [0.15, 0.2) is 30.3 Å². The number of ether oxygens (including phenoxy) is 1. The summed E-state index contributed by atoms with van der Waals surface area (Å²) in [4.78, 5) is 4.46. The van der Waals surface area contributed by atoms with Crippen LogP contribution in [-0.2, 0) is 6.42 Å². The highest BCUT2D eigenvalue weighted by Gasteiger charge is 2.20. The molecule has 0 amide bonds. The standard InChI is InChI=1S/C16H15N3O/c1-2-7-18-15-13(10-17)9-12-8-11-5-3-4-6-14(11)20-16(12)19-15/h3-6,9H,2,7-8H2,1H3,(H,18,19). The number of hydrogen-bond donors (Lipinski definition) is 1. The Balaban J connectivity index is 2.00. The predicted molar refractivity (Wildman–Crippen MR) is 77.1 cm³/mol. The monoisotopic (exact) mass is 265 g/mol. The van der Waals surface area contributed by atoms with Crippen molar-refractivity contribution in [2.75, 3.05) is 11.9 Å². The van der Waals surface area contributed by atoms with Crippen LogP contribution in [0.5, 0.6) is 11.6 Å². The molecule has 1 aromatic heterocycles. The minimum absolute atomic E-state index is 0.570. The number of pyridine rings is 1. The lowest BCUT2D eigenvalue weighted by Gasteiger charge is -2.20. The van der Waals surface area contributed by atoms with Gasteiger partial charge in [-0.2, -0.15) is 10.2 Å². The van der Waals surface area contributed by atoms with Crippen molar-refractivity contribution in [2.45, 2.75) is 19.8 Å². The van der Waals surface area contributed by atoms with Crippen LogP contribution in [0.25, 0.3) is 0 Å². The van der Waals surface area contributed by atoms with E-state index in [4.69, 9.17) is 4.74 Å². The average Bonchev–Trinajstić information content (AvgIpc) is 2.49. The van der Waals surface area contributed by atoms with Crippen LogP contribution in [-0.4, -0.2) is 11.5 Å². The van der Waals surface area contributed by atoms with Crippen molar-refractivity contribution in [2.24, 2.45) is 0 Å². The zero-order valence-corrected chi connectivity index (χ0v) is 11.3. The first-order valence-electron chi connectivity index (χ1n) is 6.75. The van der Waals surface area contributed by atoms with Crippen molar-refractivity contribution in [1.29, 1.82) is 5.26 Å². The summed E-state index contributed by atoms with van der Waals surface area (Å²) < 4.78 is 5.84. The predicted octanol–water partition coefficient (Wildman–Crippen LogP) is 3.47. The lowest BCUT2D eigenvalue weighted by Crippen LogP contribution is -2.10. The molecule has 2 heterocycles. The number of anilines is 1. The van der Waals surface area contributed by atoms with Gasteiger partial charge in [0, 0.05) is 18.5 Å². The first-order chi connectivity index (χ1) is 9.81. The molecule has 1 aliphatic heterocycles. The Morgan fingerprint density at radius 3 is 3.00 bits per heavy atom. The first-order valence-corrected chi connectivity index (χ1v) is 6.75. The second-order valence-electron chi connectivity index (χ2n) is 4.77. The van der Waals surface area contributed by atoms with E-state index in [2.05, 4.69) is 23.3 Å². The van der Waals surface area contributed by atoms with Crippen LogP contribution < -0.4 is 10.1 Å². The van der Waals surface area contributed by atoms with Crippen molar-refractivity contribution < 1.29 is 4.74 Å². The molecule has 1 aromatic carbocycles. The van der Waals surface area contributed by atoms with Crippen molar-refractivity contribution in [3.63, 3.8) is 0 Å². The van der Waals surface area contributed by atoms with Gasteiger partial charge in [0.25, 0.3) is 0 Å². The van der Waals surface area contributed by atoms with Gasteiger partial charge in [0.2, 0.25) is 5.88 Å². The Labute approximate surface area is 118 Å². The minimum atomic E-state index is 0.570. The molecular weight excluding hydrogens is 250 g/mol. The quantitative estimate of drug-likeness (QED) is 0.787. The molecule has 100 valence electrons. The number of nitrogens with one attached hydrogen (secondary N) is 1. The second kappa shape index (κ2) is 5.22. The van der Waals surface area contributed by atoms with Gasteiger partial charge >= 0.3 is 0 Å². The Morgan fingerprint density at radius 2 is 2.20 bits per heavy atom. The number of nitrogens with zero attached hydrogens (tertiary/aromatic N) is 2. The summed E-state index contributed by atoms with van der Waals surface area (Å²) in [7, 11) is 0. The van der Waals surface area contributed by atoms with E-state index in [1.165, 1.54) is 0 Å². The highest BCUT2D eigenvalue weighted by Crippen LogP contribution is 2.36. The van der Waals surface area contributed by atoms with Crippen molar-refractivity contribution in [3.05, 3.63) is 47.0 Å². The lowest BCUT2D eigenvalue weighted by atomic mass is 10.0. The molecule has 0 bridgehead atoms. The summed E-state index contributed by atoms with van der Waals surface area (Å²) in [5.74, 6) is 2.05. The molecule has 0 spiro atoms. The number of nitriles is 1. The maximum atomic E-state index is 9.24. The molecule has 4 nitrogen and oxygen atoms in total. The molecule has 2 aromatic rings. The number of fused-ring (bicyclic) bond motifs is 2. The van der Waals surface area contributed by atoms with Gasteiger partial charge in [-0.3, -0.25) is 0 Å². The maximum Gasteiger partial charge on any atom is 0.224 e. The minimum Gasteiger partial charge on any atom is -0.438 e. The second-order valence-corrected chi connectivity index (χ2v) is 4.77. The van der Waals surface area contributed by atoms with E-state index in [1.54, 1.807) is 0 Å². The van der Waals surface area contributed by atoms with Gasteiger partial charge in [-0.05, 0) is 24.1 Å². The fraction of sp³-hybridized carbons (Fsp3) is 0.250. The molecule has 0 radical (unpaired) electrons. The van der Waals surface area contributed by atoms with Crippen LogP contribution in [0.4, 0.5) is 5.82 Å². The number of benzene rings is 1. The Kier molecular flexibility index (Phi) is 3.26. The summed E-state index contributed by atoms with van der Waals surface area (Å²) in [5.41, 5.74) is 2.66. The summed E-state index contributed by atoms with van der Waals surface area (Å²) >= 11 is 0. The van der Waals surface area contributed by atoms with E-state index in [0.717, 1.165) is 36.3 Å². The smallest absolute Gasteiger partial charge is 0.224 e. The average molecular weight is 265 g/mol. The van der Waals surface area contributed by atoms with E-state index >= 15 is 0 Å². The molecule has 0 aliphatic carbocycles. The highest BCUT2D eigenvalue weighted by atomic mass is 16.5. The van der Waals surface area contributed by atoms with E-state index in [-0.39, 0.29) is 0 Å². The van der Waals surface area contributed by atoms with Gasteiger partial charge in [-0.15, -0.1) is 0 Å². The highest BCUT2D eigenvalue weighted by molar-refractivity contribution is 5.58. The molecule has 0 saturated heterocycles. The fourth-order valence-electron chi connectivity index (χ4n) is 2.28. The van der Waals surface area contributed by atoms with Crippen LogP contribution >= 0.6 is 0 Å². The normalized spacial score (nSPS) is 11.8. The molecule has 1 aliphatic rings. The largest absolute Gasteiger partial charge is 0.438 e. The zero-order valence-electron chi connectivity index (χ0n) is 11.3. The Bertz CT molecular complexity index is 689. The Hall–Kier alpha value is -2.54. The molecule has 1 N–H and O–H groups in total. The number of rotatable bonds is 3. The third-order valence-electron chi connectivity index (χ3n) is 3.28. The third kappa shape index (κ3) is 2.19. The summed E-state index contributed by atoms with van der Waals surface area (Å²) in [5, 5.41) is 12.4. The molecule has 0 atom stereocenters. The Morgan fingerprint density at radius 1 is 1.35 bits per heavy atom. The van der Waals surface area contributed by atoms with E-state index in [0.29, 0.717) is 17.3 Å². The van der Waals surface area contributed by atoms with Crippen LogP contribution in [0.2, 0.25) is 0 Å². The lowest BCUT2D eigenvalue weighted by molar-refractivity contribution is 0.441. The fourth-order valence-corrected chi connectivity index (χ4v) is 2.28. The third-order valence-corrected chi connectivity index (χ3v) is 3.28. The van der Waals surface area contributed by atoms with Gasteiger partial charge < -0.3 is 10.1 Å². The molecule has 0 saturated carbocycles. The molecule has 0 fully saturated rings. The summed E-state index contributed by atoms with van der Waals surface area (Å²) in [6.07, 6.45) is 1.73. The van der Waals surface area contributed by atoms with Crippen molar-refractivity contribution in [1.82, 2.24) is 4.98 Å². The van der Waals surface area contributed by atoms with Crippen molar-refractivity contribution in [3.8, 4) is 17.7 Å². The number of para-hydroxylation sites is 1. The van der Waals surface area contributed by atoms with E-state index in [9.17, 15) is 5.26 Å². The maximum absolute atomic E-state index is 9.24. The molecular formula is C16H15N3O. The molecule has 3 rings (SSSR count). The number of hydrogen-bond acceptors (Lipinski definition) is 4. The van der Waals surface area contributed by atoms with Gasteiger partial charge in [-0.1, -0.05) is 25.1 Å².